The quantitative estimate of drug-likeness (QED) is 0.811. The first kappa shape index (κ1) is 14.9. The molecule has 0 bridgehead atoms. The second-order valence-electron chi connectivity index (χ2n) is 6.16. The zero-order valence-corrected chi connectivity index (χ0v) is 12.9. The minimum Gasteiger partial charge on any atom is -0.310 e. The summed E-state index contributed by atoms with van der Waals surface area (Å²) >= 11 is 0. The molecule has 0 radical (unpaired) electrons. The van der Waals surface area contributed by atoms with E-state index < -0.39 is 10.0 Å². The van der Waals surface area contributed by atoms with Crippen molar-refractivity contribution in [3.8, 4) is 0 Å². The summed E-state index contributed by atoms with van der Waals surface area (Å²) < 4.78 is 41.1. The molecular formula is C15H21FN2O2S. The predicted molar refractivity (Wildman–Crippen MR) is 78.8 cm³/mol. The smallest absolute Gasteiger partial charge is 0.240 e. The van der Waals surface area contributed by atoms with Crippen LogP contribution in [0.5, 0.6) is 0 Å². The molecule has 21 heavy (non-hydrogen) atoms. The van der Waals surface area contributed by atoms with Gasteiger partial charge in [-0.15, -0.1) is 0 Å². The van der Waals surface area contributed by atoms with Crippen LogP contribution >= 0.6 is 0 Å². The largest absolute Gasteiger partial charge is 0.310 e. The van der Waals surface area contributed by atoms with E-state index >= 15 is 0 Å². The zero-order valence-electron chi connectivity index (χ0n) is 12.1. The molecule has 6 heteroatoms. The van der Waals surface area contributed by atoms with Crippen LogP contribution in [0.1, 0.15) is 38.2 Å². The van der Waals surface area contributed by atoms with Gasteiger partial charge in [-0.1, -0.05) is 0 Å². The Kier molecular flexibility index (Phi) is 4.03. The van der Waals surface area contributed by atoms with E-state index in [1.54, 1.807) is 0 Å². The van der Waals surface area contributed by atoms with E-state index in [0.29, 0.717) is 24.1 Å². The summed E-state index contributed by atoms with van der Waals surface area (Å²) in [5, 5.41) is 3.21. The molecule has 1 atom stereocenters. The molecule has 0 spiro atoms. The van der Waals surface area contributed by atoms with Crippen molar-refractivity contribution in [1.82, 2.24) is 10.0 Å². The van der Waals surface area contributed by atoms with Gasteiger partial charge in [0.05, 0.1) is 4.90 Å². The van der Waals surface area contributed by atoms with Crippen LogP contribution in [0, 0.1) is 11.7 Å². The Morgan fingerprint density at radius 1 is 1.29 bits per heavy atom. The molecule has 0 amide bonds. The van der Waals surface area contributed by atoms with Gasteiger partial charge in [0.15, 0.2) is 0 Å². The summed E-state index contributed by atoms with van der Waals surface area (Å²) in [6.45, 7) is 2.26. The van der Waals surface area contributed by atoms with E-state index in [4.69, 9.17) is 0 Å². The van der Waals surface area contributed by atoms with Gasteiger partial charge < -0.3 is 5.32 Å². The fourth-order valence-corrected chi connectivity index (χ4v) is 3.76. The maximum Gasteiger partial charge on any atom is 0.240 e. The molecule has 116 valence electrons. The molecule has 2 fully saturated rings. The highest BCUT2D eigenvalue weighted by Gasteiger charge is 2.31. The van der Waals surface area contributed by atoms with Gasteiger partial charge in [0.1, 0.15) is 5.82 Å². The van der Waals surface area contributed by atoms with E-state index in [0.717, 1.165) is 25.7 Å². The van der Waals surface area contributed by atoms with Crippen molar-refractivity contribution in [2.75, 3.05) is 0 Å². The van der Waals surface area contributed by atoms with Gasteiger partial charge in [-0.3, -0.25) is 0 Å². The summed E-state index contributed by atoms with van der Waals surface area (Å²) in [6, 6.07) is 4.40. The van der Waals surface area contributed by atoms with Gasteiger partial charge in [-0.05, 0) is 56.7 Å². The van der Waals surface area contributed by atoms with Crippen molar-refractivity contribution in [3.63, 3.8) is 0 Å². The third kappa shape index (κ3) is 3.81. The molecular weight excluding hydrogens is 291 g/mol. The lowest BCUT2D eigenvalue weighted by molar-refractivity contribution is 0.537. The van der Waals surface area contributed by atoms with Crippen LogP contribution in [-0.2, 0) is 16.6 Å². The number of hydrogen-bond acceptors (Lipinski definition) is 3. The van der Waals surface area contributed by atoms with Crippen molar-refractivity contribution in [2.24, 2.45) is 5.92 Å². The topological polar surface area (TPSA) is 58.2 Å². The Labute approximate surface area is 125 Å². The summed E-state index contributed by atoms with van der Waals surface area (Å²) in [7, 11) is -3.57. The molecule has 0 saturated heterocycles. The van der Waals surface area contributed by atoms with Gasteiger partial charge in [0.25, 0.3) is 0 Å². The van der Waals surface area contributed by atoms with Gasteiger partial charge in [0, 0.05) is 24.2 Å². The summed E-state index contributed by atoms with van der Waals surface area (Å²) in [5.74, 6) is 0.0774. The molecule has 2 aliphatic rings. The van der Waals surface area contributed by atoms with Crippen LogP contribution < -0.4 is 10.0 Å². The van der Waals surface area contributed by atoms with Crippen molar-refractivity contribution < 1.29 is 12.8 Å². The zero-order chi connectivity index (χ0) is 15.0. The molecule has 0 heterocycles. The number of nitrogens with one attached hydrogen (secondary N) is 2. The third-order valence-electron chi connectivity index (χ3n) is 4.16. The van der Waals surface area contributed by atoms with Crippen molar-refractivity contribution in [2.45, 2.75) is 56.1 Å². The standard InChI is InChI=1S/C15H21FN2O2S/c1-10(11-2-3-11)18-21(19,20)14-6-7-15(16)12(8-14)9-17-13-4-5-13/h6-8,10-11,13,17-18H,2-5,9H2,1H3. The van der Waals surface area contributed by atoms with Gasteiger partial charge in [-0.25, -0.2) is 17.5 Å². The Morgan fingerprint density at radius 3 is 2.62 bits per heavy atom. The highest BCUT2D eigenvalue weighted by molar-refractivity contribution is 7.89. The van der Waals surface area contributed by atoms with Gasteiger partial charge in [0.2, 0.25) is 10.0 Å². The molecule has 2 N–H and O–H groups in total. The van der Waals surface area contributed by atoms with Crippen LogP contribution in [0.4, 0.5) is 4.39 Å². The maximum absolute atomic E-state index is 13.8. The first-order valence-electron chi connectivity index (χ1n) is 7.50. The summed E-state index contributed by atoms with van der Waals surface area (Å²) in [5.41, 5.74) is 0.406. The Balaban J connectivity index is 1.74. The highest BCUT2D eigenvalue weighted by atomic mass is 32.2. The van der Waals surface area contributed by atoms with E-state index in [2.05, 4.69) is 10.0 Å². The lowest BCUT2D eigenvalue weighted by Crippen LogP contribution is -2.34. The first-order chi connectivity index (χ1) is 9.95. The average Bonchev–Trinajstić information content (AvgIpc) is 3.27. The maximum atomic E-state index is 13.8. The Bertz CT molecular complexity index is 625. The average molecular weight is 312 g/mol. The van der Waals surface area contributed by atoms with Crippen LogP contribution in [0.25, 0.3) is 0 Å². The summed E-state index contributed by atoms with van der Waals surface area (Å²) in [6.07, 6.45) is 4.37. The molecule has 2 saturated carbocycles. The van der Waals surface area contributed by atoms with Gasteiger partial charge >= 0.3 is 0 Å². The van der Waals surface area contributed by atoms with Crippen LogP contribution in [0.3, 0.4) is 0 Å². The lowest BCUT2D eigenvalue weighted by Gasteiger charge is -2.14. The van der Waals surface area contributed by atoms with Crippen LogP contribution in [0.15, 0.2) is 23.1 Å². The fourth-order valence-electron chi connectivity index (χ4n) is 2.40. The Hall–Kier alpha value is -0.980. The second-order valence-corrected chi connectivity index (χ2v) is 7.87. The van der Waals surface area contributed by atoms with Crippen molar-refractivity contribution in [3.05, 3.63) is 29.6 Å². The molecule has 3 rings (SSSR count). The molecule has 1 aromatic rings. The lowest BCUT2D eigenvalue weighted by atomic mass is 10.2. The van der Waals surface area contributed by atoms with Crippen LogP contribution in [0.2, 0.25) is 0 Å². The van der Waals surface area contributed by atoms with Gasteiger partial charge in [-0.2, -0.15) is 0 Å². The number of hydrogen-bond donors (Lipinski definition) is 2. The number of rotatable bonds is 7. The van der Waals surface area contributed by atoms with E-state index in [-0.39, 0.29) is 16.8 Å². The molecule has 2 aliphatic carbocycles. The highest BCUT2D eigenvalue weighted by Crippen LogP contribution is 2.33. The van der Waals surface area contributed by atoms with Crippen LogP contribution in [-0.4, -0.2) is 20.5 Å². The Morgan fingerprint density at radius 2 is 2.00 bits per heavy atom. The normalized spacial score (nSPS) is 20.5. The monoisotopic (exact) mass is 312 g/mol. The van der Waals surface area contributed by atoms with E-state index in [1.807, 2.05) is 6.92 Å². The molecule has 4 nitrogen and oxygen atoms in total. The van der Waals surface area contributed by atoms with Crippen molar-refractivity contribution in [1.29, 1.82) is 0 Å². The van der Waals surface area contributed by atoms with Crippen molar-refractivity contribution >= 4 is 10.0 Å². The third-order valence-corrected chi connectivity index (χ3v) is 5.71. The second kappa shape index (κ2) is 5.66. The number of sulfonamides is 1. The number of halogens is 1. The minimum atomic E-state index is -3.57. The molecule has 0 aromatic heterocycles. The predicted octanol–water partition coefficient (Wildman–Crippen LogP) is 2.15. The minimum absolute atomic E-state index is 0.0620. The van der Waals surface area contributed by atoms with E-state index in [9.17, 15) is 12.8 Å². The molecule has 0 aliphatic heterocycles. The molecule has 1 unspecified atom stereocenters. The SMILES string of the molecule is CC(NS(=O)(=O)c1ccc(F)c(CNC2CC2)c1)C1CC1. The van der Waals surface area contributed by atoms with E-state index in [1.165, 1.54) is 18.2 Å². The number of benzene rings is 1. The molecule has 1 aromatic carbocycles. The summed E-state index contributed by atoms with van der Waals surface area (Å²) in [4.78, 5) is 0.143. The fraction of sp³-hybridized carbons (Fsp3) is 0.600. The first-order valence-corrected chi connectivity index (χ1v) is 8.98.